The third-order valence-corrected chi connectivity index (χ3v) is 1.88. The minimum Gasteiger partial charge on any atom is -0.387 e. The van der Waals surface area contributed by atoms with E-state index in [2.05, 4.69) is 0 Å². The first-order chi connectivity index (χ1) is 5.61. The Morgan fingerprint density at radius 1 is 1.38 bits per heavy atom. The third-order valence-electron chi connectivity index (χ3n) is 1.88. The zero-order chi connectivity index (χ0) is 9.14. The molecule has 13 heavy (non-hydrogen) atoms. The Kier molecular flexibility index (Phi) is 4.99. The molecule has 0 fully saturated rings. The van der Waals surface area contributed by atoms with Crippen LogP contribution in [-0.2, 0) is 0 Å². The summed E-state index contributed by atoms with van der Waals surface area (Å²) in [6.45, 7) is 3.80. The van der Waals surface area contributed by atoms with Crippen LogP contribution in [0.2, 0.25) is 0 Å². The number of rotatable bonds is 2. The second-order valence-electron chi connectivity index (χ2n) is 3.22. The number of hydrogen-bond donors (Lipinski definition) is 2. The summed E-state index contributed by atoms with van der Waals surface area (Å²) < 4.78 is 0. The van der Waals surface area contributed by atoms with Crippen molar-refractivity contribution < 1.29 is 5.11 Å². The van der Waals surface area contributed by atoms with E-state index in [1.165, 1.54) is 0 Å². The molecule has 0 aromatic heterocycles. The van der Waals surface area contributed by atoms with Gasteiger partial charge < -0.3 is 10.8 Å². The largest absolute Gasteiger partial charge is 0.387 e. The van der Waals surface area contributed by atoms with Gasteiger partial charge in [0.25, 0.3) is 0 Å². The average molecular weight is 202 g/mol. The number of aryl methyl sites for hydroxylation is 1. The monoisotopic (exact) mass is 201 g/mol. The molecule has 1 rings (SSSR count). The van der Waals surface area contributed by atoms with Gasteiger partial charge in [-0.15, -0.1) is 12.4 Å². The lowest BCUT2D eigenvalue weighted by Gasteiger charge is -2.14. The first kappa shape index (κ1) is 12.4. The van der Waals surface area contributed by atoms with Gasteiger partial charge in [0.2, 0.25) is 0 Å². The lowest BCUT2D eigenvalue weighted by atomic mass is 10.0. The van der Waals surface area contributed by atoms with Crippen LogP contribution in [0.15, 0.2) is 24.3 Å². The number of aliphatic hydroxyl groups is 1. The molecule has 0 aliphatic rings. The smallest absolute Gasteiger partial charge is 0.0938 e. The summed E-state index contributed by atoms with van der Waals surface area (Å²) in [5, 5.41) is 9.60. The van der Waals surface area contributed by atoms with Gasteiger partial charge in [-0.3, -0.25) is 0 Å². The number of benzene rings is 1. The summed E-state index contributed by atoms with van der Waals surface area (Å²) in [7, 11) is 0. The van der Waals surface area contributed by atoms with Gasteiger partial charge >= 0.3 is 0 Å². The summed E-state index contributed by atoms with van der Waals surface area (Å²) in [6, 6.07) is 7.55. The molecule has 0 bridgehead atoms. The number of nitrogens with two attached hydrogens (primary N) is 1. The van der Waals surface area contributed by atoms with E-state index in [0.29, 0.717) is 0 Å². The molecule has 0 saturated heterocycles. The van der Waals surface area contributed by atoms with Crippen LogP contribution in [0.5, 0.6) is 0 Å². The fraction of sp³-hybridized carbons (Fsp3) is 0.400. The zero-order valence-corrected chi connectivity index (χ0v) is 8.71. The van der Waals surface area contributed by atoms with Gasteiger partial charge in [-0.1, -0.05) is 29.8 Å². The van der Waals surface area contributed by atoms with Gasteiger partial charge in [0.15, 0.2) is 0 Å². The summed E-state index contributed by atoms with van der Waals surface area (Å²) in [5.74, 6) is 0. The van der Waals surface area contributed by atoms with Crippen LogP contribution in [0.1, 0.15) is 24.2 Å². The maximum absolute atomic E-state index is 9.60. The summed E-state index contributed by atoms with van der Waals surface area (Å²) in [5.41, 5.74) is 7.61. The molecule has 0 heterocycles. The van der Waals surface area contributed by atoms with Crippen molar-refractivity contribution in [2.75, 3.05) is 0 Å². The topological polar surface area (TPSA) is 46.2 Å². The number of aliphatic hydroxyl groups excluding tert-OH is 1. The summed E-state index contributed by atoms with van der Waals surface area (Å²) >= 11 is 0. The number of hydrogen-bond acceptors (Lipinski definition) is 2. The molecule has 2 nitrogen and oxygen atoms in total. The van der Waals surface area contributed by atoms with Crippen LogP contribution in [0.4, 0.5) is 0 Å². The van der Waals surface area contributed by atoms with E-state index in [1.807, 2.05) is 31.2 Å². The van der Waals surface area contributed by atoms with Gasteiger partial charge in [-0.05, 0) is 19.4 Å². The van der Waals surface area contributed by atoms with E-state index < -0.39 is 6.10 Å². The first-order valence-electron chi connectivity index (χ1n) is 4.11. The van der Waals surface area contributed by atoms with Crippen molar-refractivity contribution in [2.24, 2.45) is 5.73 Å². The molecule has 74 valence electrons. The van der Waals surface area contributed by atoms with Crippen molar-refractivity contribution >= 4 is 12.4 Å². The van der Waals surface area contributed by atoms with Gasteiger partial charge in [0, 0.05) is 6.04 Å². The number of halogens is 1. The highest BCUT2D eigenvalue weighted by Gasteiger charge is 2.11. The van der Waals surface area contributed by atoms with E-state index >= 15 is 0 Å². The molecular formula is C10H16ClNO. The van der Waals surface area contributed by atoms with Crippen molar-refractivity contribution in [1.29, 1.82) is 0 Å². The van der Waals surface area contributed by atoms with Gasteiger partial charge in [-0.25, -0.2) is 0 Å². The second-order valence-corrected chi connectivity index (χ2v) is 3.22. The molecule has 0 radical (unpaired) electrons. The Hall–Kier alpha value is -0.570. The molecule has 1 aromatic rings. The SMILES string of the molecule is Cc1cccc([C@@H](O)[C@H](C)N)c1.Cl. The highest BCUT2D eigenvalue weighted by Crippen LogP contribution is 2.16. The Bertz CT molecular complexity index is 263. The van der Waals surface area contributed by atoms with E-state index in [4.69, 9.17) is 5.73 Å². The summed E-state index contributed by atoms with van der Waals surface area (Å²) in [4.78, 5) is 0. The van der Waals surface area contributed by atoms with Crippen LogP contribution >= 0.6 is 12.4 Å². The van der Waals surface area contributed by atoms with E-state index in [0.717, 1.165) is 11.1 Å². The molecule has 0 aliphatic carbocycles. The Balaban J connectivity index is 0.00000144. The highest BCUT2D eigenvalue weighted by molar-refractivity contribution is 5.85. The van der Waals surface area contributed by atoms with Crippen LogP contribution in [0.25, 0.3) is 0 Å². The van der Waals surface area contributed by atoms with E-state index in [-0.39, 0.29) is 18.4 Å². The maximum atomic E-state index is 9.60. The lowest BCUT2D eigenvalue weighted by molar-refractivity contribution is 0.153. The van der Waals surface area contributed by atoms with Crippen LogP contribution in [0, 0.1) is 6.92 Å². The molecule has 0 aliphatic heterocycles. The molecule has 0 spiro atoms. The van der Waals surface area contributed by atoms with Gasteiger partial charge in [-0.2, -0.15) is 0 Å². The molecule has 0 unspecified atom stereocenters. The predicted molar refractivity (Wildman–Crippen MR) is 57.0 cm³/mol. The highest BCUT2D eigenvalue weighted by atomic mass is 35.5. The molecule has 0 amide bonds. The lowest BCUT2D eigenvalue weighted by Crippen LogP contribution is -2.24. The Labute approximate surface area is 85.2 Å². The standard InChI is InChI=1S/C10H15NO.ClH/c1-7-4-3-5-9(6-7)10(12)8(2)11;/h3-6,8,10,12H,11H2,1-2H3;1H/t8-,10-;/m0./s1. The molecule has 2 atom stereocenters. The molecule has 3 heteroatoms. The minimum absolute atomic E-state index is 0. The molecule has 1 aromatic carbocycles. The third kappa shape index (κ3) is 3.35. The van der Waals surface area contributed by atoms with Crippen molar-refractivity contribution in [3.8, 4) is 0 Å². The second kappa shape index (κ2) is 5.22. The first-order valence-corrected chi connectivity index (χ1v) is 4.11. The average Bonchev–Trinajstić information content (AvgIpc) is 2.03. The van der Waals surface area contributed by atoms with Crippen molar-refractivity contribution in [1.82, 2.24) is 0 Å². The normalized spacial score (nSPS) is 14.5. The van der Waals surface area contributed by atoms with Crippen LogP contribution in [0.3, 0.4) is 0 Å². The van der Waals surface area contributed by atoms with Crippen molar-refractivity contribution in [2.45, 2.75) is 26.0 Å². The molecule has 0 saturated carbocycles. The fourth-order valence-corrected chi connectivity index (χ4v) is 1.16. The van der Waals surface area contributed by atoms with Crippen molar-refractivity contribution in [3.05, 3.63) is 35.4 Å². The molecule has 3 N–H and O–H groups in total. The summed E-state index contributed by atoms with van der Waals surface area (Å²) in [6.07, 6.45) is -0.551. The van der Waals surface area contributed by atoms with Crippen LogP contribution in [-0.4, -0.2) is 11.1 Å². The van der Waals surface area contributed by atoms with Crippen molar-refractivity contribution in [3.63, 3.8) is 0 Å². The minimum atomic E-state index is -0.551. The predicted octanol–water partition coefficient (Wildman–Crippen LogP) is 1.80. The zero-order valence-electron chi connectivity index (χ0n) is 7.90. The maximum Gasteiger partial charge on any atom is 0.0938 e. The quantitative estimate of drug-likeness (QED) is 0.767. The van der Waals surface area contributed by atoms with Crippen LogP contribution < -0.4 is 5.73 Å². The Morgan fingerprint density at radius 3 is 2.46 bits per heavy atom. The van der Waals surface area contributed by atoms with E-state index in [9.17, 15) is 5.11 Å². The van der Waals surface area contributed by atoms with E-state index in [1.54, 1.807) is 6.92 Å². The fourth-order valence-electron chi connectivity index (χ4n) is 1.16. The molecular weight excluding hydrogens is 186 g/mol. The van der Waals surface area contributed by atoms with Gasteiger partial charge in [0.05, 0.1) is 6.10 Å². The Morgan fingerprint density at radius 2 is 2.00 bits per heavy atom. The van der Waals surface area contributed by atoms with Gasteiger partial charge in [0.1, 0.15) is 0 Å².